The maximum atomic E-state index is 15.0. The van der Waals surface area contributed by atoms with E-state index in [9.17, 15) is 38.4 Å². The number of likely N-dealkylation sites (tertiary alicyclic amines) is 2. The number of nitrogens with zero attached hydrogens (tertiary/aromatic N) is 8. The number of carbonyl (C=O) groups excluding carboxylic acids is 6. The summed E-state index contributed by atoms with van der Waals surface area (Å²) in [7, 11) is 0. The summed E-state index contributed by atoms with van der Waals surface area (Å²) in [5.41, 5.74) is 3.26. The fraction of sp³-hybridized carbons (Fsp3) is 0.466. The third-order valence-electron chi connectivity index (χ3n) is 17.6. The summed E-state index contributed by atoms with van der Waals surface area (Å²) in [5, 5.41) is 19.4. The molecule has 400 valence electrons. The number of nitriles is 1. The van der Waals surface area contributed by atoms with Crippen LogP contribution in [-0.2, 0) is 25.7 Å². The van der Waals surface area contributed by atoms with Gasteiger partial charge in [0.1, 0.15) is 40.9 Å². The van der Waals surface area contributed by atoms with E-state index in [0.29, 0.717) is 93.5 Å². The number of benzene rings is 2. The van der Waals surface area contributed by atoms with Crippen molar-refractivity contribution in [2.75, 3.05) is 50.8 Å². The molecule has 17 nitrogen and oxygen atoms in total. The largest absolute Gasteiger partial charge is 0.492 e. The lowest BCUT2D eigenvalue weighted by Gasteiger charge is -2.49. The molecular weight excluding hydrogens is 987 g/mol. The van der Waals surface area contributed by atoms with Crippen molar-refractivity contribution in [2.45, 2.75) is 114 Å². The highest BCUT2D eigenvalue weighted by Crippen LogP contribution is 2.48. The van der Waals surface area contributed by atoms with E-state index >= 15 is 4.39 Å². The molecule has 1 aliphatic carbocycles. The SMILES string of the molecule is CCOc1cc(-c2ccc(N3CCC(NC(=O)c4cc(F)ccc4F)(C(=O)N4CCC5(CCC(CC(=O)N6CCC(c7ccc8c(c7)C(=O)N(C7CCC(=O)NC7=O)C8)CC6)CC5)CC4)CC3)nc2)c2c(C#N)cnn2c1. The Morgan fingerprint density at radius 1 is 0.844 bits per heavy atom. The minimum atomic E-state index is -1.38. The van der Waals surface area contributed by atoms with Gasteiger partial charge in [0.15, 0.2) is 0 Å². The van der Waals surface area contributed by atoms with E-state index in [0.717, 1.165) is 91.8 Å². The molecular formula is C58H62F2N10O7. The van der Waals surface area contributed by atoms with E-state index in [1.165, 1.54) is 6.20 Å². The minimum absolute atomic E-state index is 0.0391. The second-order valence-electron chi connectivity index (χ2n) is 21.9. The van der Waals surface area contributed by atoms with Gasteiger partial charge >= 0.3 is 0 Å². The fourth-order valence-corrected chi connectivity index (χ4v) is 13.0. The van der Waals surface area contributed by atoms with E-state index in [-0.39, 0.29) is 60.1 Å². The van der Waals surface area contributed by atoms with Crippen LogP contribution in [-0.4, -0.2) is 122 Å². The Hall–Kier alpha value is -7.75. The molecule has 4 saturated heterocycles. The minimum Gasteiger partial charge on any atom is -0.492 e. The van der Waals surface area contributed by atoms with E-state index in [2.05, 4.69) is 27.9 Å². The van der Waals surface area contributed by atoms with Gasteiger partial charge in [0.2, 0.25) is 23.6 Å². The molecule has 1 atom stereocenters. The smallest absolute Gasteiger partial charge is 0.255 e. The number of imide groups is 1. The normalized spacial score (nSPS) is 20.8. The third kappa shape index (κ3) is 10.1. The molecule has 6 aliphatic rings. The predicted octanol–water partition coefficient (Wildman–Crippen LogP) is 7.07. The Morgan fingerprint density at radius 3 is 2.31 bits per heavy atom. The van der Waals surface area contributed by atoms with Crippen LogP contribution in [0.1, 0.15) is 134 Å². The molecule has 0 bridgehead atoms. The van der Waals surface area contributed by atoms with Gasteiger partial charge in [-0.05, 0) is 148 Å². The van der Waals surface area contributed by atoms with Crippen LogP contribution in [0.2, 0.25) is 0 Å². The molecule has 5 aromatic rings. The van der Waals surface area contributed by atoms with Crippen LogP contribution < -0.4 is 20.3 Å². The van der Waals surface area contributed by atoms with Gasteiger partial charge in [0.05, 0.1) is 35.6 Å². The number of hydrogen-bond donors (Lipinski definition) is 2. The van der Waals surface area contributed by atoms with E-state index in [4.69, 9.17) is 9.72 Å². The van der Waals surface area contributed by atoms with Crippen LogP contribution in [0.5, 0.6) is 5.75 Å². The van der Waals surface area contributed by atoms with Crippen LogP contribution >= 0.6 is 0 Å². The van der Waals surface area contributed by atoms with Crippen molar-refractivity contribution < 1.29 is 42.3 Å². The summed E-state index contributed by atoms with van der Waals surface area (Å²) in [5.74, 6) is -1.76. The summed E-state index contributed by atoms with van der Waals surface area (Å²) < 4.78 is 36.8. The van der Waals surface area contributed by atoms with Crippen molar-refractivity contribution in [1.29, 1.82) is 5.26 Å². The van der Waals surface area contributed by atoms with Gasteiger partial charge in [-0.15, -0.1) is 0 Å². The van der Waals surface area contributed by atoms with Gasteiger partial charge in [0.25, 0.3) is 11.8 Å². The Bertz CT molecular complexity index is 3190. The van der Waals surface area contributed by atoms with Gasteiger partial charge in [-0.2, -0.15) is 10.4 Å². The number of anilines is 1. The first-order valence-corrected chi connectivity index (χ1v) is 27.1. The number of piperidine rings is 4. The zero-order valence-electron chi connectivity index (χ0n) is 43.2. The van der Waals surface area contributed by atoms with Crippen molar-refractivity contribution in [2.24, 2.45) is 11.3 Å². The summed E-state index contributed by atoms with van der Waals surface area (Å²) in [6.45, 7) is 5.64. The van der Waals surface area contributed by atoms with Crippen LogP contribution in [0.4, 0.5) is 14.6 Å². The summed E-state index contributed by atoms with van der Waals surface area (Å²) in [4.78, 5) is 92.4. The van der Waals surface area contributed by atoms with Crippen LogP contribution in [0.25, 0.3) is 16.6 Å². The van der Waals surface area contributed by atoms with E-state index < -0.39 is 40.6 Å². The Labute approximate surface area is 444 Å². The molecule has 19 heteroatoms. The second kappa shape index (κ2) is 21.0. The van der Waals surface area contributed by atoms with Gasteiger partial charge in [-0.25, -0.2) is 18.3 Å². The molecule has 5 fully saturated rings. The number of amides is 6. The number of rotatable bonds is 11. The highest BCUT2D eigenvalue weighted by molar-refractivity contribution is 6.05. The number of halogens is 2. The molecule has 1 spiro atoms. The van der Waals surface area contributed by atoms with Crippen molar-refractivity contribution in [3.05, 3.63) is 113 Å². The Balaban J connectivity index is 0.689. The molecule has 6 amide bonds. The molecule has 1 unspecified atom stereocenters. The first kappa shape index (κ1) is 51.4. The maximum Gasteiger partial charge on any atom is 0.255 e. The number of carbonyl (C=O) groups is 6. The number of hydrogen-bond acceptors (Lipinski definition) is 11. The molecule has 2 aromatic carbocycles. The lowest BCUT2D eigenvalue weighted by atomic mass is 9.65. The lowest BCUT2D eigenvalue weighted by Crippen LogP contribution is -2.65. The Kier molecular flexibility index (Phi) is 14.0. The molecule has 11 rings (SSSR count). The van der Waals surface area contributed by atoms with Crippen LogP contribution in [0, 0.1) is 34.3 Å². The summed E-state index contributed by atoms with van der Waals surface area (Å²) >= 11 is 0. The molecule has 2 N–H and O–H groups in total. The topological polar surface area (TPSA) is 203 Å². The number of pyridine rings is 2. The highest BCUT2D eigenvalue weighted by Gasteiger charge is 2.48. The quantitative estimate of drug-likeness (QED) is 0.128. The summed E-state index contributed by atoms with van der Waals surface area (Å²) in [6.07, 6.45) is 13.3. The average molecular weight is 1050 g/mol. The Morgan fingerprint density at radius 2 is 1.61 bits per heavy atom. The maximum absolute atomic E-state index is 15.0. The molecule has 1 saturated carbocycles. The van der Waals surface area contributed by atoms with Gasteiger partial charge in [0, 0.05) is 81.5 Å². The number of ether oxygens (including phenoxy) is 1. The predicted molar refractivity (Wildman–Crippen MR) is 278 cm³/mol. The van der Waals surface area contributed by atoms with Crippen molar-refractivity contribution in [3.63, 3.8) is 0 Å². The highest BCUT2D eigenvalue weighted by atomic mass is 19.1. The molecule has 0 radical (unpaired) electrons. The number of nitrogens with one attached hydrogen (secondary N) is 2. The van der Waals surface area contributed by atoms with Crippen molar-refractivity contribution >= 4 is 46.8 Å². The van der Waals surface area contributed by atoms with E-state index in [1.807, 2.05) is 52.0 Å². The van der Waals surface area contributed by atoms with Crippen molar-refractivity contribution in [3.8, 4) is 22.9 Å². The van der Waals surface area contributed by atoms with Crippen LogP contribution in [0.15, 0.2) is 73.2 Å². The van der Waals surface area contributed by atoms with Gasteiger partial charge < -0.3 is 29.7 Å². The van der Waals surface area contributed by atoms with Gasteiger partial charge in [-0.1, -0.05) is 12.1 Å². The van der Waals surface area contributed by atoms with Crippen molar-refractivity contribution in [1.82, 2.24) is 39.9 Å². The zero-order chi connectivity index (χ0) is 53.6. The fourth-order valence-electron chi connectivity index (χ4n) is 13.0. The molecule has 3 aromatic heterocycles. The van der Waals surface area contributed by atoms with Crippen LogP contribution in [0.3, 0.4) is 0 Å². The average Bonchev–Trinajstić information content (AvgIpc) is 4.07. The third-order valence-corrected chi connectivity index (χ3v) is 17.6. The molecule has 77 heavy (non-hydrogen) atoms. The summed E-state index contributed by atoms with van der Waals surface area (Å²) in [6, 6.07) is 15.9. The number of fused-ring (bicyclic) bond motifs is 2. The first-order valence-electron chi connectivity index (χ1n) is 27.1. The monoisotopic (exact) mass is 1050 g/mol. The first-order chi connectivity index (χ1) is 37.2. The van der Waals surface area contributed by atoms with Gasteiger partial charge in [-0.3, -0.25) is 34.1 Å². The molecule has 5 aliphatic heterocycles. The lowest BCUT2D eigenvalue weighted by molar-refractivity contribution is -0.142. The standard InChI is InChI=1S/C58H62F2N10O7/c1-2-77-43-30-44(52-41(31-61)33-63-70(52)35-43)39-5-9-49(62-32-39)66-25-19-58(20-26-66,65-53(73)46-29-42(59)6-7-47(46)60)56(76)68-23-17-57(18-24-68)15-11-36(12-16-57)27-51(72)67-21-13-37(14-22-67)38-3-4-40-34-69(55(75)45(40)28-38)48-8-10-50(71)64-54(48)74/h3-7,9,28-30,32-33,35-37,48H,2,8,10-27,34H2,1H3,(H,65,73)(H,64,71,74). The molecule has 8 heterocycles. The van der Waals surface area contributed by atoms with E-state index in [1.54, 1.807) is 21.8 Å². The number of aromatic nitrogens is 3. The second-order valence-corrected chi connectivity index (χ2v) is 21.9. The zero-order valence-corrected chi connectivity index (χ0v) is 43.2.